The first-order chi connectivity index (χ1) is 14.2. The van der Waals surface area contributed by atoms with Crippen molar-refractivity contribution in [3.8, 4) is 16.3 Å². The number of amides is 1. The van der Waals surface area contributed by atoms with E-state index in [9.17, 15) is 9.18 Å². The van der Waals surface area contributed by atoms with Crippen LogP contribution >= 0.6 is 11.3 Å². The number of aromatic nitrogens is 2. The highest BCUT2D eigenvalue weighted by molar-refractivity contribution is 7.13. The largest absolute Gasteiger partial charge is 0.273 e. The van der Waals surface area contributed by atoms with Crippen molar-refractivity contribution in [3.63, 3.8) is 0 Å². The fourth-order valence-corrected chi connectivity index (χ4v) is 3.53. The molecular weight excluding hydrogens is 387 g/mol. The Morgan fingerprint density at radius 1 is 1.10 bits per heavy atom. The SMILES string of the molecule is O=C(Cc1ccc(F)cc1)N/N=C\c1cn(-c2ccccc2)nc1-c1cccs1. The van der Waals surface area contributed by atoms with E-state index < -0.39 is 0 Å². The molecule has 0 aliphatic rings. The predicted molar refractivity (Wildman–Crippen MR) is 113 cm³/mol. The minimum absolute atomic E-state index is 0.124. The number of halogens is 1. The Bertz CT molecular complexity index is 1120. The van der Waals surface area contributed by atoms with Crippen molar-refractivity contribution in [1.82, 2.24) is 15.2 Å². The number of rotatable bonds is 6. The minimum atomic E-state index is -0.330. The zero-order chi connectivity index (χ0) is 20.1. The minimum Gasteiger partial charge on any atom is -0.273 e. The second-order valence-corrected chi connectivity index (χ2v) is 7.23. The molecule has 0 fully saturated rings. The van der Waals surface area contributed by atoms with Gasteiger partial charge in [0, 0.05) is 11.8 Å². The highest BCUT2D eigenvalue weighted by atomic mass is 32.1. The number of nitrogens with one attached hydrogen (secondary N) is 1. The van der Waals surface area contributed by atoms with Crippen LogP contribution in [-0.4, -0.2) is 21.9 Å². The van der Waals surface area contributed by atoms with E-state index in [0.29, 0.717) is 0 Å². The Balaban J connectivity index is 1.51. The van der Waals surface area contributed by atoms with E-state index in [1.807, 2.05) is 54.0 Å². The molecule has 4 aromatic rings. The molecule has 0 saturated heterocycles. The van der Waals surface area contributed by atoms with E-state index in [0.717, 1.165) is 27.4 Å². The van der Waals surface area contributed by atoms with E-state index in [-0.39, 0.29) is 18.1 Å². The predicted octanol–water partition coefficient (Wildman–Crippen LogP) is 4.43. The number of para-hydroxylation sites is 1. The van der Waals surface area contributed by atoms with E-state index in [4.69, 9.17) is 0 Å². The van der Waals surface area contributed by atoms with Gasteiger partial charge in [0.2, 0.25) is 5.91 Å². The summed E-state index contributed by atoms with van der Waals surface area (Å²) < 4.78 is 14.8. The fourth-order valence-electron chi connectivity index (χ4n) is 2.80. The average molecular weight is 404 g/mol. The lowest BCUT2D eigenvalue weighted by Crippen LogP contribution is -2.19. The molecule has 2 aromatic heterocycles. The molecule has 0 aliphatic carbocycles. The monoisotopic (exact) mass is 404 g/mol. The molecule has 2 aromatic carbocycles. The molecule has 2 heterocycles. The summed E-state index contributed by atoms with van der Waals surface area (Å²) in [4.78, 5) is 13.1. The third-order valence-corrected chi connectivity index (χ3v) is 5.07. The summed E-state index contributed by atoms with van der Waals surface area (Å²) in [6, 6.07) is 19.6. The molecular formula is C22H17FN4OS. The number of nitrogens with zero attached hydrogens (tertiary/aromatic N) is 3. The lowest BCUT2D eigenvalue weighted by molar-refractivity contribution is -0.120. The Morgan fingerprint density at radius 3 is 2.62 bits per heavy atom. The Labute approximate surface area is 171 Å². The first-order valence-electron chi connectivity index (χ1n) is 8.94. The summed E-state index contributed by atoms with van der Waals surface area (Å²) in [5.41, 5.74) is 5.75. The summed E-state index contributed by atoms with van der Waals surface area (Å²) in [7, 11) is 0. The van der Waals surface area contributed by atoms with Crippen LogP contribution < -0.4 is 5.43 Å². The molecule has 0 bridgehead atoms. The van der Waals surface area contributed by atoms with Crippen molar-refractivity contribution < 1.29 is 9.18 Å². The lowest BCUT2D eigenvalue weighted by Gasteiger charge is -2.00. The molecule has 0 radical (unpaired) electrons. The van der Waals surface area contributed by atoms with Crippen LogP contribution in [0.25, 0.3) is 16.3 Å². The van der Waals surface area contributed by atoms with Crippen LogP contribution in [-0.2, 0) is 11.2 Å². The average Bonchev–Trinajstić information content (AvgIpc) is 3.40. The summed E-state index contributed by atoms with van der Waals surface area (Å²) >= 11 is 1.59. The Morgan fingerprint density at radius 2 is 1.90 bits per heavy atom. The maximum atomic E-state index is 13.0. The van der Waals surface area contributed by atoms with Crippen LogP contribution in [0.15, 0.2) is 83.4 Å². The number of hydrogen-bond donors (Lipinski definition) is 1. The molecule has 1 amide bonds. The van der Waals surface area contributed by atoms with Gasteiger partial charge in [0.05, 0.1) is 23.2 Å². The molecule has 29 heavy (non-hydrogen) atoms. The number of carbonyl (C=O) groups excluding carboxylic acids is 1. The number of hydrogen-bond acceptors (Lipinski definition) is 4. The summed E-state index contributed by atoms with van der Waals surface area (Å²) in [6.45, 7) is 0. The molecule has 7 heteroatoms. The van der Waals surface area contributed by atoms with Crippen molar-refractivity contribution in [2.45, 2.75) is 6.42 Å². The number of thiophene rings is 1. The molecule has 0 aliphatic heterocycles. The van der Waals surface area contributed by atoms with Gasteiger partial charge in [0.15, 0.2) is 0 Å². The van der Waals surface area contributed by atoms with Gasteiger partial charge in [-0.05, 0) is 41.3 Å². The molecule has 0 atom stereocenters. The van der Waals surface area contributed by atoms with Crippen LogP contribution in [0.4, 0.5) is 4.39 Å². The van der Waals surface area contributed by atoms with Crippen molar-refractivity contribution in [3.05, 3.63) is 95.3 Å². The van der Waals surface area contributed by atoms with Gasteiger partial charge in [-0.25, -0.2) is 14.5 Å². The number of carbonyl (C=O) groups is 1. The highest BCUT2D eigenvalue weighted by Crippen LogP contribution is 2.26. The van der Waals surface area contributed by atoms with Gasteiger partial charge >= 0.3 is 0 Å². The second kappa shape index (κ2) is 8.62. The topological polar surface area (TPSA) is 59.3 Å². The summed E-state index contributed by atoms with van der Waals surface area (Å²) in [6.07, 6.45) is 3.59. The van der Waals surface area contributed by atoms with Gasteiger partial charge in [0.1, 0.15) is 11.5 Å². The highest BCUT2D eigenvalue weighted by Gasteiger charge is 2.12. The van der Waals surface area contributed by atoms with Crippen molar-refractivity contribution in [2.24, 2.45) is 5.10 Å². The van der Waals surface area contributed by atoms with Crippen LogP contribution in [0, 0.1) is 5.82 Å². The normalized spacial score (nSPS) is 11.1. The van der Waals surface area contributed by atoms with Crippen molar-refractivity contribution in [2.75, 3.05) is 0 Å². The van der Waals surface area contributed by atoms with Gasteiger partial charge in [-0.2, -0.15) is 10.2 Å². The van der Waals surface area contributed by atoms with E-state index in [1.54, 1.807) is 34.4 Å². The Hall–Kier alpha value is -3.58. The van der Waals surface area contributed by atoms with Crippen LogP contribution in [0.1, 0.15) is 11.1 Å². The van der Waals surface area contributed by atoms with E-state index >= 15 is 0 Å². The third kappa shape index (κ3) is 4.64. The van der Waals surface area contributed by atoms with Crippen LogP contribution in [0.3, 0.4) is 0 Å². The molecule has 0 saturated carbocycles. The molecule has 4 rings (SSSR count). The molecule has 0 unspecified atom stereocenters. The Kier molecular flexibility index (Phi) is 5.58. The lowest BCUT2D eigenvalue weighted by atomic mass is 10.1. The maximum absolute atomic E-state index is 13.0. The molecule has 1 N–H and O–H groups in total. The third-order valence-electron chi connectivity index (χ3n) is 4.19. The fraction of sp³-hybridized carbons (Fsp3) is 0.0455. The van der Waals surface area contributed by atoms with Crippen molar-refractivity contribution >= 4 is 23.5 Å². The zero-order valence-electron chi connectivity index (χ0n) is 15.3. The van der Waals surface area contributed by atoms with Gasteiger partial charge < -0.3 is 0 Å². The van der Waals surface area contributed by atoms with Crippen molar-refractivity contribution in [1.29, 1.82) is 0 Å². The molecule has 144 valence electrons. The first kappa shape index (κ1) is 18.8. The summed E-state index contributed by atoms with van der Waals surface area (Å²) in [5.74, 6) is -0.607. The summed E-state index contributed by atoms with van der Waals surface area (Å²) in [5, 5.41) is 10.8. The van der Waals surface area contributed by atoms with E-state index in [2.05, 4.69) is 15.6 Å². The molecule has 0 spiro atoms. The number of hydrazone groups is 1. The van der Waals surface area contributed by atoms with Crippen LogP contribution in [0.2, 0.25) is 0 Å². The van der Waals surface area contributed by atoms with Gasteiger partial charge in [-0.15, -0.1) is 11.3 Å². The van der Waals surface area contributed by atoms with E-state index in [1.165, 1.54) is 12.1 Å². The van der Waals surface area contributed by atoms with Crippen LogP contribution in [0.5, 0.6) is 0 Å². The van der Waals surface area contributed by atoms with Gasteiger partial charge in [0.25, 0.3) is 0 Å². The second-order valence-electron chi connectivity index (χ2n) is 6.29. The standard InChI is InChI=1S/C22H17FN4OS/c23-18-10-8-16(9-11-18)13-21(28)25-24-14-17-15-27(19-5-2-1-3-6-19)26-22(17)20-7-4-12-29-20/h1-12,14-15H,13H2,(H,25,28)/b24-14-. The quantitative estimate of drug-likeness (QED) is 0.382. The smallest absolute Gasteiger partial charge is 0.244 e. The maximum Gasteiger partial charge on any atom is 0.244 e. The molecule has 5 nitrogen and oxygen atoms in total. The van der Waals surface area contributed by atoms with Gasteiger partial charge in [-0.1, -0.05) is 36.4 Å². The zero-order valence-corrected chi connectivity index (χ0v) is 16.1. The first-order valence-corrected chi connectivity index (χ1v) is 9.82. The van der Waals surface area contributed by atoms with Gasteiger partial charge in [-0.3, -0.25) is 4.79 Å². The number of benzene rings is 2.